The Hall–Kier alpha value is -2.83. The molecule has 0 aliphatic heterocycles. The van der Waals surface area contributed by atoms with Gasteiger partial charge in [0.15, 0.2) is 0 Å². The summed E-state index contributed by atoms with van der Waals surface area (Å²) in [6, 6.07) is 12.7. The van der Waals surface area contributed by atoms with Crippen LogP contribution in [-0.4, -0.2) is 21.7 Å². The van der Waals surface area contributed by atoms with E-state index < -0.39 is 13.2 Å². The van der Waals surface area contributed by atoms with E-state index >= 15 is 0 Å². The largest absolute Gasteiger partial charge is 2.00 e. The van der Waals surface area contributed by atoms with Gasteiger partial charge in [0.05, 0.1) is 14.2 Å². The molecule has 4 nitrogen and oxygen atoms in total. The third-order valence-corrected chi connectivity index (χ3v) is 3.63. The van der Waals surface area contributed by atoms with Gasteiger partial charge in [0.2, 0.25) is 0 Å². The van der Waals surface area contributed by atoms with Gasteiger partial charge in [0.1, 0.15) is 17.2 Å². The molecule has 0 spiro atoms. The Morgan fingerprint density at radius 1 is 1.03 bits per heavy atom. The maximum atomic E-state index is 12.6. The normalized spacial score (nSPS) is 11.9. The van der Waals surface area contributed by atoms with Crippen molar-refractivity contribution < 1.29 is 44.9 Å². The second-order valence-electron chi connectivity index (χ2n) is 5.46. The minimum Gasteiger partial charge on any atom is -0.872 e. The van der Waals surface area contributed by atoms with Crippen LogP contribution in [0.4, 0.5) is 8.63 Å². The summed E-state index contributed by atoms with van der Waals surface area (Å²) >= 11 is 0. The zero-order valence-corrected chi connectivity index (χ0v) is 16.9. The average molecular weight is 440 g/mol. The molecule has 0 N–H and O–H groups in total. The molecule has 0 heterocycles. The van der Waals surface area contributed by atoms with E-state index in [9.17, 15) is 13.7 Å². The summed E-state index contributed by atoms with van der Waals surface area (Å²) in [5.41, 5.74) is 0.735. The zero-order chi connectivity index (χ0) is 20.4. The molecule has 29 heavy (non-hydrogen) atoms. The van der Waals surface area contributed by atoms with Gasteiger partial charge >= 0.3 is 24.5 Å². The summed E-state index contributed by atoms with van der Waals surface area (Å²) < 4.78 is 39.8. The quantitative estimate of drug-likeness (QED) is 0.385. The molecule has 3 rings (SSSR count). The summed E-state index contributed by atoms with van der Waals surface area (Å²) in [4.78, 5) is 0. The first-order chi connectivity index (χ1) is 13.5. The summed E-state index contributed by atoms with van der Waals surface area (Å²) in [5.74, 6) is -0.471. The molecule has 0 radical (unpaired) electrons. The molecule has 0 saturated carbocycles. The van der Waals surface area contributed by atoms with Gasteiger partial charge in [-0.2, -0.15) is 18.2 Å². The van der Waals surface area contributed by atoms with Gasteiger partial charge in [-0.05, 0) is 5.57 Å². The second-order valence-corrected chi connectivity index (χ2v) is 5.46. The van der Waals surface area contributed by atoms with Crippen LogP contribution in [0, 0.1) is 0 Å². The summed E-state index contributed by atoms with van der Waals surface area (Å²) in [6.07, 6.45) is 10.1. The van der Waals surface area contributed by atoms with Crippen molar-refractivity contribution >= 4 is 13.2 Å². The Morgan fingerprint density at radius 2 is 1.66 bits per heavy atom. The molecular formula is C21H19BF2FeO4. The minimum absolute atomic E-state index is 0. The molecule has 152 valence electrons. The monoisotopic (exact) mass is 440 g/mol. The van der Waals surface area contributed by atoms with Crippen LogP contribution in [0.5, 0.6) is 17.2 Å². The van der Waals surface area contributed by atoms with E-state index in [1.165, 1.54) is 32.4 Å². The van der Waals surface area contributed by atoms with Crippen molar-refractivity contribution in [3.05, 3.63) is 90.1 Å². The Morgan fingerprint density at radius 3 is 2.14 bits per heavy atom. The van der Waals surface area contributed by atoms with E-state index in [0.717, 1.165) is 5.57 Å². The van der Waals surface area contributed by atoms with E-state index in [4.69, 9.17) is 9.47 Å². The number of methoxy groups -OCH3 is 2. The number of ether oxygens (including phenoxy) is 2. The van der Waals surface area contributed by atoms with Crippen molar-refractivity contribution in [3.63, 3.8) is 0 Å². The Kier molecular flexibility index (Phi) is 10.5. The van der Waals surface area contributed by atoms with E-state index in [1.807, 2.05) is 54.6 Å². The number of allylic oxidation sites excluding steroid dienone is 7. The molecule has 2 aromatic rings. The van der Waals surface area contributed by atoms with Crippen LogP contribution < -0.4 is 19.2 Å². The van der Waals surface area contributed by atoms with Gasteiger partial charge in [0.25, 0.3) is 0 Å². The second kappa shape index (κ2) is 12.6. The molecule has 2 aromatic carbocycles. The molecule has 0 amide bonds. The third-order valence-electron chi connectivity index (χ3n) is 3.63. The van der Waals surface area contributed by atoms with Crippen molar-refractivity contribution in [2.75, 3.05) is 14.2 Å². The molecule has 0 atom stereocenters. The van der Waals surface area contributed by atoms with Crippen molar-refractivity contribution in [1.29, 1.82) is 0 Å². The SMILES string of the molecule is COc1cc(OC)c(/C([O-])=C/C=C2C=CC=C2)c(OB(F)F)c1.[Fe+2].c1cc[cH-]c1. The molecule has 0 unspecified atom stereocenters. The zero-order valence-electron chi connectivity index (χ0n) is 15.8. The first-order valence-electron chi connectivity index (χ1n) is 8.36. The van der Waals surface area contributed by atoms with E-state index in [0.29, 0.717) is 0 Å². The number of hydrogen-bond acceptors (Lipinski definition) is 4. The molecular weight excluding hydrogens is 421 g/mol. The number of benzene rings is 1. The van der Waals surface area contributed by atoms with Crippen molar-refractivity contribution in [3.8, 4) is 17.2 Å². The van der Waals surface area contributed by atoms with Gasteiger partial charge in [0, 0.05) is 17.7 Å². The standard InChI is InChI=1S/C16H15BF2O4.C5H5.Fe/c1-21-12-9-14(22-2)16(15(10-12)23-17(18)19)13(20)8-7-11-5-3-4-6-11;1-2-4-5-3-1;/h3-10,20H,1-2H3;1-5H;/q;-1;+2/p-1/b13-8-;;. The summed E-state index contributed by atoms with van der Waals surface area (Å²) in [6.45, 7) is 0. The summed E-state index contributed by atoms with van der Waals surface area (Å²) in [7, 11) is -0.367. The van der Waals surface area contributed by atoms with Gasteiger partial charge in [-0.25, -0.2) is 20.8 Å². The fraction of sp³-hybridized carbons (Fsp3) is 0.0952. The fourth-order valence-electron chi connectivity index (χ4n) is 2.35. The molecule has 8 heteroatoms. The molecule has 0 saturated heterocycles. The fourth-order valence-corrected chi connectivity index (χ4v) is 2.35. The third kappa shape index (κ3) is 7.60. The maximum Gasteiger partial charge on any atom is 2.00 e. The van der Waals surface area contributed by atoms with Crippen molar-refractivity contribution in [2.24, 2.45) is 0 Å². The molecule has 0 fully saturated rings. The van der Waals surface area contributed by atoms with Crippen LogP contribution in [0.2, 0.25) is 0 Å². The Labute approximate surface area is 179 Å². The van der Waals surface area contributed by atoms with Gasteiger partial charge in [-0.3, -0.25) is 0 Å². The van der Waals surface area contributed by atoms with Crippen LogP contribution in [0.15, 0.2) is 84.5 Å². The van der Waals surface area contributed by atoms with Crippen molar-refractivity contribution in [1.82, 2.24) is 0 Å². The predicted octanol–water partition coefficient (Wildman–Crippen LogP) is 4.16. The van der Waals surface area contributed by atoms with Gasteiger partial charge < -0.3 is 19.2 Å². The van der Waals surface area contributed by atoms with Gasteiger partial charge in [-0.1, -0.05) is 42.2 Å². The van der Waals surface area contributed by atoms with Crippen LogP contribution in [-0.2, 0) is 17.1 Å². The predicted molar refractivity (Wildman–Crippen MR) is 105 cm³/mol. The van der Waals surface area contributed by atoms with E-state index in [1.54, 1.807) is 6.08 Å². The summed E-state index contributed by atoms with van der Waals surface area (Å²) in [5, 5.41) is 12.4. The molecule has 0 bridgehead atoms. The van der Waals surface area contributed by atoms with Crippen LogP contribution in [0.1, 0.15) is 5.56 Å². The Balaban J connectivity index is 0.000000610. The topological polar surface area (TPSA) is 50.8 Å². The van der Waals surface area contributed by atoms with Crippen molar-refractivity contribution in [2.45, 2.75) is 0 Å². The number of halogens is 2. The molecule has 1 aliphatic rings. The maximum absolute atomic E-state index is 12.6. The van der Waals surface area contributed by atoms with E-state index in [2.05, 4.69) is 4.65 Å². The van der Waals surface area contributed by atoms with Gasteiger partial charge in [-0.15, -0.1) is 0 Å². The van der Waals surface area contributed by atoms with E-state index in [-0.39, 0.29) is 39.9 Å². The first-order valence-corrected chi connectivity index (χ1v) is 8.36. The van der Waals surface area contributed by atoms with Crippen LogP contribution in [0.3, 0.4) is 0 Å². The number of hydrogen-bond donors (Lipinski definition) is 0. The number of rotatable bonds is 6. The van der Waals surface area contributed by atoms with Crippen LogP contribution in [0.25, 0.3) is 5.76 Å². The Bertz CT molecular complexity index is 844. The molecule has 1 aliphatic carbocycles. The molecule has 0 aromatic heterocycles. The minimum atomic E-state index is -3.07. The average Bonchev–Trinajstić information content (AvgIpc) is 3.41. The first kappa shape index (κ1) is 24.2. The van der Waals surface area contributed by atoms with Crippen LogP contribution >= 0.6 is 0 Å². The smallest absolute Gasteiger partial charge is 0.872 e.